The third kappa shape index (κ3) is 3.56. The second-order valence-corrected chi connectivity index (χ2v) is 16.7. The van der Waals surface area contributed by atoms with Gasteiger partial charge < -0.3 is 0 Å². The molecule has 4 saturated carbocycles. The van der Waals surface area contributed by atoms with Crippen molar-refractivity contribution in [2.75, 3.05) is 9.80 Å². The van der Waals surface area contributed by atoms with Gasteiger partial charge >= 0.3 is 0 Å². The normalized spacial score (nSPS) is 41.3. The number of rotatable bonds is 4. The van der Waals surface area contributed by atoms with Crippen LogP contribution in [0.15, 0.2) is 48.5 Å². The number of benzene rings is 2. The highest BCUT2D eigenvalue weighted by molar-refractivity contribution is 9.12. The number of imide groups is 2. The summed E-state index contributed by atoms with van der Waals surface area (Å²) in [5, 5.41) is 0. The molecule has 4 bridgehead atoms. The van der Waals surface area contributed by atoms with Gasteiger partial charge in [0.1, 0.15) is 0 Å². The molecule has 12 atom stereocenters. The predicted octanol–water partition coefficient (Wildman–Crippen LogP) is 5.48. The maximum Gasteiger partial charge on any atom is 0.238 e. The number of amides is 4. The standard InChI is InChI=1S/C31H24Br4N2O5/c32-23-15-9-16(24(23)33)20-19(15)28(39)36(29(20)40)13-5-1-11(2-6-13)27(38)12-3-7-14(8-4-12)37-30(41)21-17-10-18(22(21)31(37)42)26(35)25(17)34/h1-8,15-26H,9-10H2. The lowest BCUT2D eigenvalue weighted by atomic mass is 9.81. The van der Waals surface area contributed by atoms with E-state index in [1.165, 1.54) is 9.80 Å². The summed E-state index contributed by atoms with van der Waals surface area (Å²) < 4.78 is 0. The minimum absolute atomic E-state index is 0.137. The van der Waals surface area contributed by atoms with E-state index in [9.17, 15) is 24.0 Å². The van der Waals surface area contributed by atoms with Gasteiger partial charge in [-0.05, 0) is 85.0 Å². The highest BCUT2D eigenvalue weighted by atomic mass is 79.9. The van der Waals surface area contributed by atoms with Crippen LogP contribution in [0.3, 0.4) is 0 Å². The molecule has 2 aliphatic heterocycles. The van der Waals surface area contributed by atoms with E-state index in [1.54, 1.807) is 48.5 Å². The summed E-state index contributed by atoms with van der Waals surface area (Å²) >= 11 is 14.9. The summed E-state index contributed by atoms with van der Waals surface area (Å²) in [6.45, 7) is 0. The molecule has 7 nitrogen and oxygen atoms in total. The molecular weight excluding hydrogens is 800 g/mol. The third-order valence-electron chi connectivity index (χ3n) is 10.7. The summed E-state index contributed by atoms with van der Waals surface area (Å²) in [7, 11) is 0. The number of hydrogen-bond donors (Lipinski definition) is 0. The Hall–Kier alpha value is -1.69. The zero-order chi connectivity index (χ0) is 29.4. The molecule has 12 unspecified atom stereocenters. The molecule has 0 N–H and O–H groups in total. The van der Waals surface area contributed by atoms with Crippen LogP contribution >= 0.6 is 63.7 Å². The Morgan fingerprint density at radius 3 is 1.02 bits per heavy atom. The van der Waals surface area contributed by atoms with Gasteiger partial charge in [0.25, 0.3) is 0 Å². The van der Waals surface area contributed by atoms with Crippen molar-refractivity contribution in [1.29, 1.82) is 0 Å². The van der Waals surface area contributed by atoms with Gasteiger partial charge in [-0.1, -0.05) is 63.7 Å². The van der Waals surface area contributed by atoms with Gasteiger partial charge in [0, 0.05) is 30.4 Å². The van der Waals surface area contributed by atoms with E-state index in [0.29, 0.717) is 22.5 Å². The number of alkyl halides is 4. The van der Waals surface area contributed by atoms with E-state index in [1.807, 2.05) is 0 Å². The maximum absolute atomic E-state index is 13.3. The van der Waals surface area contributed by atoms with Crippen molar-refractivity contribution in [3.63, 3.8) is 0 Å². The lowest BCUT2D eigenvalue weighted by Crippen LogP contribution is -2.37. The smallest absolute Gasteiger partial charge is 0.238 e. The fourth-order valence-corrected chi connectivity index (χ4v) is 12.6. The molecule has 0 spiro atoms. The predicted molar refractivity (Wildman–Crippen MR) is 169 cm³/mol. The van der Waals surface area contributed by atoms with Crippen LogP contribution in [0, 0.1) is 47.3 Å². The molecule has 11 heteroatoms. The third-order valence-corrected chi connectivity index (χ3v) is 17.2. The molecule has 6 fully saturated rings. The Kier molecular flexibility index (Phi) is 6.40. The molecule has 2 aromatic carbocycles. The van der Waals surface area contributed by atoms with Crippen LogP contribution in [-0.2, 0) is 19.2 Å². The van der Waals surface area contributed by atoms with Crippen molar-refractivity contribution >= 4 is 105 Å². The topological polar surface area (TPSA) is 91.8 Å². The molecule has 6 aliphatic rings. The van der Waals surface area contributed by atoms with Crippen LogP contribution in [0.2, 0.25) is 0 Å². The first-order valence-electron chi connectivity index (χ1n) is 14.2. The van der Waals surface area contributed by atoms with Crippen molar-refractivity contribution in [1.82, 2.24) is 0 Å². The molecule has 4 aliphatic carbocycles. The highest BCUT2D eigenvalue weighted by Gasteiger charge is 2.67. The Balaban J connectivity index is 0.992. The number of carbonyl (C=O) groups is 5. The van der Waals surface area contributed by atoms with Gasteiger partial charge in [0.2, 0.25) is 23.6 Å². The van der Waals surface area contributed by atoms with Crippen molar-refractivity contribution in [2.24, 2.45) is 47.3 Å². The SMILES string of the molecule is O=C(c1ccc(N2C(=O)C3C4CC(C(Br)C4Br)C3C2=O)cc1)c1ccc(N2C(=O)C3C4CC(C(Br)C4Br)C3C2=O)cc1. The second-order valence-electron chi connectivity index (χ2n) is 12.5. The van der Waals surface area contributed by atoms with Crippen molar-refractivity contribution in [3.05, 3.63) is 59.7 Å². The summed E-state index contributed by atoms with van der Waals surface area (Å²) in [6.07, 6.45) is 1.74. The highest BCUT2D eigenvalue weighted by Crippen LogP contribution is 2.61. The molecule has 2 saturated heterocycles. The van der Waals surface area contributed by atoms with Crippen LogP contribution in [-0.4, -0.2) is 48.7 Å². The van der Waals surface area contributed by atoms with Gasteiger partial charge in [0.05, 0.1) is 35.0 Å². The van der Waals surface area contributed by atoms with Crippen LogP contribution in [0.4, 0.5) is 11.4 Å². The Bertz CT molecular complexity index is 1400. The molecular formula is C31H24Br4N2O5. The van der Waals surface area contributed by atoms with Gasteiger partial charge in [0.15, 0.2) is 5.78 Å². The minimum Gasteiger partial charge on any atom is -0.289 e. The monoisotopic (exact) mass is 820 g/mol. The molecule has 2 aromatic rings. The number of halogens is 4. The largest absolute Gasteiger partial charge is 0.289 e. The number of nitrogens with zero attached hydrogens (tertiary/aromatic N) is 2. The lowest BCUT2D eigenvalue weighted by Gasteiger charge is -2.28. The summed E-state index contributed by atoms with van der Waals surface area (Å²) in [4.78, 5) is 70.0. The first kappa shape index (κ1) is 27.8. The molecule has 2 heterocycles. The number of ketones is 1. The molecule has 42 heavy (non-hydrogen) atoms. The fraction of sp³-hybridized carbons (Fsp3) is 0.452. The zero-order valence-electron chi connectivity index (χ0n) is 21.9. The first-order chi connectivity index (χ1) is 20.1. The number of carbonyl (C=O) groups excluding carboxylic acids is 5. The van der Waals surface area contributed by atoms with Crippen LogP contribution in [0.5, 0.6) is 0 Å². The van der Waals surface area contributed by atoms with Gasteiger partial charge in [-0.3, -0.25) is 33.8 Å². The van der Waals surface area contributed by atoms with Crippen LogP contribution in [0.25, 0.3) is 0 Å². The van der Waals surface area contributed by atoms with Gasteiger partial charge in [-0.15, -0.1) is 0 Å². The Morgan fingerprint density at radius 2 is 0.762 bits per heavy atom. The number of fused-ring (bicyclic) bond motifs is 10. The Labute approximate surface area is 275 Å². The molecule has 0 aromatic heterocycles. The zero-order valence-corrected chi connectivity index (χ0v) is 28.3. The van der Waals surface area contributed by atoms with E-state index < -0.39 is 0 Å². The van der Waals surface area contributed by atoms with E-state index in [-0.39, 0.29) is 96.1 Å². The summed E-state index contributed by atoms with van der Waals surface area (Å²) in [5.41, 5.74) is 1.78. The molecule has 8 rings (SSSR count). The van der Waals surface area contributed by atoms with Crippen LogP contribution < -0.4 is 9.80 Å². The number of hydrogen-bond acceptors (Lipinski definition) is 5. The first-order valence-corrected chi connectivity index (χ1v) is 17.8. The fourth-order valence-electron chi connectivity index (χ4n) is 8.90. The lowest BCUT2D eigenvalue weighted by molar-refractivity contribution is -0.124. The van der Waals surface area contributed by atoms with E-state index in [2.05, 4.69) is 63.7 Å². The van der Waals surface area contributed by atoms with Gasteiger partial charge in [-0.2, -0.15) is 0 Å². The summed E-state index contributed by atoms with van der Waals surface area (Å²) in [6, 6.07) is 13.1. The molecule has 216 valence electrons. The van der Waals surface area contributed by atoms with Crippen LogP contribution in [0.1, 0.15) is 28.8 Å². The maximum atomic E-state index is 13.3. The van der Waals surface area contributed by atoms with Gasteiger partial charge in [-0.25, -0.2) is 0 Å². The number of anilines is 2. The van der Waals surface area contributed by atoms with Crippen molar-refractivity contribution < 1.29 is 24.0 Å². The van der Waals surface area contributed by atoms with E-state index in [0.717, 1.165) is 12.8 Å². The second kappa shape index (κ2) is 9.65. The van der Waals surface area contributed by atoms with E-state index >= 15 is 0 Å². The molecule has 4 amide bonds. The Morgan fingerprint density at radius 1 is 0.500 bits per heavy atom. The van der Waals surface area contributed by atoms with E-state index in [4.69, 9.17) is 0 Å². The minimum atomic E-state index is -0.300. The van der Waals surface area contributed by atoms with Crippen molar-refractivity contribution in [3.8, 4) is 0 Å². The quantitative estimate of drug-likeness (QED) is 0.232. The average Bonchev–Trinajstić information content (AvgIpc) is 3.80. The summed E-state index contributed by atoms with van der Waals surface area (Å²) in [5.74, 6) is -1.50. The average molecular weight is 824 g/mol. The molecule has 0 radical (unpaired) electrons. The van der Waals surface area contributed by atoms with Crippen molar-refractivity contribution in [2.45, 2.75) is 32.2 Å².